The van der Waals surface area contributed by atoms with Crippen molar-refractivity contribution in [2.75, 3.05) is 33.7 Å². The number of likely N-dealkylation sites (N-methyl/N-ethyl adjacent to an activating group) is 1. The molecule has 0 unspecified atom stereocenters. The third-order valence-electron chi connectivity index (χ3n) is 3.14. The Balaban J connectivity index is 0. The third kappa shape index (κ3) is 11.5. The minimum Gasteiger partial charge on any atom is -0.356 e. The number of nitrogens with one attached hydrogen (secondary N) is 2. The van der Waals surface area contributed by atoms with Crippen molar-refractivity contribution in [3.63, 3.8) is 0 Å². The maximum absolute atomic E-state index is 11.6. The van der Waals surface area contributed by atoms with Crippen LogP contribution >= 0.6 is 24.0 Å². The monoisotopic (exact) mass is 410 g/mol. The molecule has 0 saturated heterocycles. The van der Waals surface area contributed by atoms with Gasteiger partial charge in [-0.2, -0.15) is 0 Å². The fraction of sp³-hybridized carbons (Fsp3) is 0.733. The van der Waals surface area contributed by atoms with Crippen molar-refractivity contribution in [3.05, 3.63) is 12.2 Å². The van der Waals surface area contributed by atoms with Crippen molar-refractivity contribution >= 4 is 35.8 Å². The van der Waals surface area contributed by atoms with Crippen LogP contribution in [0.5, 0.6) is 0 Å². The number of carbonyl (C=O) groups excluding carboxylic acids is 1. The van der Waals surface area contributed by atoms with Crippen LogP contribution < -0.4 is 10.6 Å². The molecule has 0 rings (SSSR count). The number of aliphatic imine (C=N–C) groups is 1. The Morgan fingerprint density at radius 3 is 2.24 bits per heavy atom. The molecule has 6 heteroatoms. The average Bonchev–Trinajstić information content (AvgIpc) is 2.41. The highest BCUT2D eigenvalue weighted by molar-refractivity contribution is 14.0. The van der Waals surface area contributed by atoms with E-state index in [0.29, 0.717) is 18.4 Å². The molecular formula is C15H31IN4O. The number of rotatable bonds is 8. The zero-order valence-corrected chi connectivity index (χ0v) is 16.4. The van der Waals surface area contributed by atoms with Gasteiger partial charge in [-0.1, -0.05) is 38.8 Å². The normalized spacial score (nSPS) is 10.9. The molecule has 124 valence electrons. The first-order chi connectivity index (χ1) is 9.40. The molecule has 0 bridgehead atoms. The molecule has 0 aromatic heterocycles. The van der Waals surface area contributed by atoms with E-state index >= 15 is 0 Å². The van der Waals surface area contributed by atoms with Crippen LogP contribution in [0.1, 0.15) is 33.6 Å². The number of carbonyl (C=O) groups is 1. The summed E-state index contributed by atoms with van der Waals surface area (Å²) < 4.78 is 0. The summed E-state index contributed by atoms with van der Waals surface area (Å²) in [5.74, 6) is 1.29. The van der Waals surface area contributed by atoms with Crippen LogP contribution in [0.15, 0.2) is 17.1 Å². The standard InChI is InChI=1S/C15H30N4O.HI/c1-7-13(8-2)10-17-15(16-9-12(3)4)18-11-14(20)19(5)6;/h13H,3,7-11H2,1-2,4-6H3,(H2,16,17,18);1H. The number of guanidine groups is 1. The Morgan fingerprint density at radius 2 is 1.81 bits per heavy atom. The summed E-state index contributed by atoms with van der Waals surface area (Å²) in [5, 5.41) is 6.48. The van der Waals surface area contributed by atoms with Gasteiger partial charge in [-0.3, -0.25) is 4.79 Å². The van der Waals surface area contributed by atoms with Gasteiger partial charge in [0.2, 0.25) is 5.91 Å². The van der Waals surface area contributed by atoms with Crippen LogP contribution in [0, 0.1) is 5.92 Å². The smallest absolute Gasteiger partial charge is 0.243 e. The lowest BCUT2D eigenvalue weighted by Gasteiger charge is -2.17. The van der Waals surface area contributed by atoms with Crippen molar-refractivity contribution < 1.29 is 4.79 Å². The first-order valence-electron chi connectivity index (χ1n) is 7.27. The van der Waals surface area contributed by atoms with E-state index in [-0.39, 0.29) is 36.4 Å². The van der Waals surface area contributed by atoms with E-state index in [2.05, 4.69) is 36.1 Å². The maximum atomic E-state index is 11.6. The summed E-state index contributed by atoms with van der Waals surface area (Å²) in [7, 11) is 3.47. The van der Waals surface area contributed by atoms with Crippen molar-refractivity contribution in [3.8, 4) is 0 Å². The molecule has 0 radical (unpaired) electrons. The average molecular weight is 410 g/mol. The van der Waals surface area contributed by atoms with E-state index in [9.17, 15) is 4.79 Å². The largest absolute Gasteiger partial charge is 0.356 e. The number of nitrogens with zero attached hydrogens (tertiary/aromatic N) is 2. The highest BCUT2D eigenvalue weighted by atomic mass is 127. The zero-order chi connectivity index (χ0) is 15.5. The summed E-state index contributed by atoms with van der Waals surface area (Å²) in [5.41, 5.74) is 1.03. The Kier molecular flexibility index (Phi) is 13.8. The van der Waals surface area contributed by atoms with Crippen molar-refractivity contribution in [1.29, 1.82) is 0 Å². The number of amides is 1. The topological polar surface area (TPSA) is 56.7 Å². The quantitative estimate of drug-likeness (QED) is 0.279. The predicted octanol–water partition coefficient (Wildman–Crippen LogP) is 2.24. The van der Waals surface area contributed by atoms with Gasteiger partial charge in [0.25, 0.3) is 0 Å². The number of hydrogen-bond acceptors (Lipinski definition) is 2. The molecule has 0 aliphatic rings. The Labute approximate surface area is 146 Å². The van der Waals surface area contributed by atoms with Crippen molar-refractivity contribution in [1.82, 2.24) is 15.5 Å². The first-order valence-corrected chi connectivity index (χ1v) is 7.27. The second kappa shape index (κ2) is 12.9. The van der Waals surface area contributed by atoms with Crippen LogP contribution in [0.25, 0.3) is 0 Å². The van der Waals surface area contributed by atoms with E-state index < -0.39 is 0 Å². The van der Waals surface area contributed by atoms with Crippen molar-refractivity contribution in [2.45, 2.75) is 33.6 Å². The fourth-order valence-electron chi connectivity index (χ4n) is 1.52. The molecule has 2 N–H and O–H groups in total. The van der Waals surface area contributed by atoms with E-state index in [1.807, 2.05) is 6.92 Å². The van der Waals surface area contributed by atoms with Gasteiger partial charge < -0.3 is 15.5 Å². The molecule has 0 saturated carbocycles. The van der Waals surface area contributed by atoms with Crippen LogP contribution in [0.4, 0.5) is 0 Å². The molecule has 0 atom stereocenters. The van der Waals surface area contributed by atoms with E-state index in [4.69, 9.17) is 0 Å². The molecule has 21 heavy (non-hydrogen) atoms. The van der Waals surface area contributed by atoms with Gasteiger partial charge in [0.1, 0.15) is 6.54 Å². The summed E-state index contributed by atoms with van der Waals surface area (Å²) in [6, 6.07) is 0. The van der Waals surface area contributed by atoms with E-state index in [1.54, 1.807) is 19.0 Å². The predicted molar refractivity (Wildman–Crippen MR) is 101 cm³/mol. The number of halogens is 1. The van der Waals surface area contributed by atoms with Crippen LogP contribution in [0.3, 0.4) is 0 Å². The molecule has 0 aliphatic heterocycles. The Morgan fingerprint density at radius 1 is 1.24 bits per heavy atom. The lowest BCUT2D eigenvalue weighted by molar-refractivity contribution is -0.127. The molecule has 0 aromatic rings. The van der Waals surface area contributed by atoms with Gasteiger partial charge in [0, 0.05) is 27.2 Å². The Bertz CT molecular complexity index is 339. The molecule has 5 nitrogen and oxygen atoms in total. The molecule has 0 aromatic carbocycles. The fourth-order valence-corrected chi connectivity index (χ4v) is 1.52. The molecule has 0 fully saturated rings. The number of hydrogen-bond donors (Lipinski definition) is 2. The summed E-state index contributed by atoms with van der Waals surface area (Å²) in [6.07, 6.45) is 2.27. The summed E-state index contributed by atoms with van der Waals surface area (Å²) in [4.78, 5) is 17.4. The maximum Gasteiger partial charge on any atom is 0.243 e. The Hall–Kier alpha value is -0.790. The molecule has 1 amide bonds. The van der Waals surface area contributed by atoms with Gasteiger partial charge in [0.15, 0.2) is 5.96 Å². The van der Waals surface area contributed by atoms with Crippen LogP contribution in [-0.4, -0.2) is 50.5 Å². The highest BCUT2D eigenvalue weighted by Gasteiger charge is 2.07. The SMILES string of the molecule is C=C(C)CNC(=NCC(=O)N(C)C)NCC(CC)CC.I. The lowest BCUT2D eigenvalue weighted by atomic mass is 10.0. The second-order valence-electron chi connectivity index (χ2n) is 5.33. The van der Waals surface area contributed by atoms with Gasteiger partial charge >= 0.3 is 0 Å². The third-order valence-corrected chi connectivity index (χ3v) is 3.14. The summed E-state index contributed by atoms with van der Waals surface area (Å²) >= 11 is 0. The van der Waals surface area contributed by atoms with Gasteiger partial charge in [-0.05, 0) is 12.8 Å². The van der Waals surface area contributed by atoms with Gasteiger partial charge in [-0.25, -0.2) is 4.99 Å². The van der Waals surface area contributed by atoms with Crippen LogP contribution in [-0.2, 0) is 4.79 Å². The van der Waals surface area contributed by atoms with E-state index in [0.717, 1.165) is 25.0 Å². The second-order valence-corrected chi connectivity index (χ2v) is 5.33. The molecule has 0 spiro atoms. The molecule has 0 aliphatic carbocycles. The lowest BCUT2D eigenvalue weighted by Crippen LogP contribution is -2.41. The van der Waals surface area contributed by atoms with Gasteiger partial charge in [0.05, 0.1) is 0 Å². The molecular weight excluding hydrogens is 379 g/mol. The zero-order valence-electron chi connectivity index (χ0n) is 14.0. The van der Waals surface area contributed by atoms with Crippen LogP contribution in [0.2, 0.25) is 0 Å². The molecule has 0 heterocycles. The van der Waals surface area contributed by atoms with E-state index in [1.165, 1.54) is 0 Å². The first kappa shape index (κ1) is 22.5. The van der Waals surface area contributed by atoms with Gasteiger partial charge in [-0.15, -0.1) is 24.0 Å². The minimum absolute atomic E-state index is 0. The highest BCUT2D eigenvalue weighted by Crippen LogP contribution is 2.04. The minimum atomic E-state index is -0.0102. The summed E-state index contributed by atoms with van der Waals surface area (Å²) in [6.45, 7) is 11.9. The van der Waals surface area contributed by atoms with Crippen molar-refractivity contribution in [2.24, 2.45) is 10.9 Å².